The fraction of sp³-hybridized carbons (Fsp3) is 0.250. The average molecular weight is 428 g/mol. The van der Waals surface area contributed by atoms with Crippen molar-refractivity contribution in [1.82, 2.24) is 15.5 Å². The molecule has 9 nitrogen and oxygen atoms in total. The predicted molar refractivity (Wildman–Crippen MR) is 108 cm³/mol. The Morgan fingerprint density at radius 1 is 1.00 bits per heavy atom. The van der Waals surface area contributed by atoms with Crippen molar-refractivity contribution >= 4 is 33.6 Å². The molecule has 0 unspecified atom stereocenters. The van der Waals surface area contributed by atoms with E-state index in [1.54, 1.807) is 41.3 Å². The van der Waals surface area contributed by atoms with Crippen LogP contribution in [-0.4, -0.2) is 49.8 Å². The number of carbonyl (C=O) groups is 3. The lowest BCUT2D eigenvalue weighted by atomic mass is 9.87. The zero-order valence-electron chi connectivity index (χ0n) is 15.9. The van der Waals surface area contributed by atoms with Gasteiger partial charge in [0.15, 0.2) is 0 Å². The third kappa shape index (κ3) is 3.73. The van der Waals surface area contributed by atoms with Gasteiger partial charge < -0.3 is 10.2 Å². The molecule has 0 radical (unpaired) electrons. The molecule has 2 aromatic rings. The lowest BCUT2D eigenvalue weighted by Gasteiger charge is -2.37. The molecule has 4 amide bonds. The van der Waals surface area contributed by atoms with Crippen molar-refractivity contribution in [3.63, 3.8) is 0 Å². The normalized spacial score (nSPS) is 18.1. The van der Waals surface area contributed by atoms with Gasteiger partial charge in [-0.1, -0.05) is 24.3 Å². The third-order valence-electron chi connectivity index (χ3n) is 5.33. The summed E-state index contributed by atoms with van der Waals surface area (Å²) in [6.45, 7) is 0.596. The number of carbonyl (C=O) groups excluding carboxylic acids is 3. The van der Waals surface area contributed by atoms with E-state index in [-0.39, 0.29) is 22.4 Å². The number of hydrogen-bond donors (Lipinski definition) is 3. The molecule has 2 aliphatic rings. The highest BCUT2D eigenvalue weighted by Crippen LogP contribution is 2.27. The number of imide groups is 1. The van der Waals surface area contributed by atoms with E-state index < -0.39 is 21.6 Å². The smallest absolute Gasteiger partial charge is 0.322 e. The summed E-state index contributed by atoms with van der Waals surface area (Å²) in [6, 6.07) is 13.7. The Bertz CT molecular complexity index is 1110. The van der Waals surface area contributed by atoms with Gasteiger partial charge >= 0.3 is 6.03 Å². The average Bonchev–Trinajstić information content (AvgIpc) is 3.01. The molecule has 10 heteroatoms. The van der Waals surface area contributed by atoms with Gasteiger partial charge in [-0.15, -0.1) is 0 Å². The Kier molecular flexibility index (Phi) is 4.94. The van der Waals surface area contributed by atoms with Crippen LogP contribution in [0.2, 0.25) is 0 Å². The number of sulfonamides is 1. The van der Waals surface area contributed by atoms with Crippen molar-refractivity contribution in [3.05, 3.63) is 60.2 Å². The van der Waals surface area contributed by atoms with Crippen molar-refractivity contribution < 1.29 is 22.8 Å². The molecule has 0 atom stereocenters. The summed E-state index contributed by atoms with van der Waals surface area (Å²) in [7, 11) is -3.77. The molecular formula is C20H20N4O5S. The number of rotatable bonds is 4. The fourth-order valence-corrected chi connectivity index (χ4v) is 4.75. The van der Waals surface area contributed by atoms with Crippen LogP contribution in [0.15, 0.2) is 59.5 Å². The zero-order chi connectivity index (χ0) is 21.4. The number of piperidine rings is 1. The van der Waals surface area contributed by atoms with Crippen molar-refractivity contribution in [1.29, 1.82) is 0 Å². The van der Waals surface area contributed by atoms with Gasteiger partial charge in [-0.05, 0) is 43.2 Å². The van der Waals surface area contributed by atoms with Crippen LogP contribution in [0.4, 0.5) is 10.5 Å². The molecule has 0 aliphatic carbocycles. The SMILES string of the molecule is O=C1NC(=O)C2(CCN(C(=O)c3cccc(NS(=O)(=O)c4ccccc4)c3)CC2)N1. The van der Waals surface area contributed by atoms with Gasteiger partial charge in [0.1, 0.15) is 5.54 Å². The summed E-state index contributed by atoms with van der Waals surface area (Å²) in [5.74, 6) is -0.632. The van der Waals surface area contributed by atoms with E-state index in [4.69, 9.17) is 0 Å². The van der Waals surface area contributed by atoms with E-state index in [9.17, 15) is 22.8 Å². The summed E-state index contributed by atoms with van der Waals surface area (Å²) in [4.78, 5) is 38.1. The monoisotopic (exact) mass is 428 g/mol. The molecule has 2 fully saturated rings. The van der Waals surface area contributed by atoms with E-state index in [2.05, 4.69) is 15.4 Å². The zero-order valence-corrected chi connectivity index (χ0v) is 16.7. The number of anilines is 1. The number of nitrogens with zero attached hydrogens (tertiary/aromatic N) is 1. The highest BCUT2D eigenvalue weighted by molar-refractivity contribution is 7.92. The van der Waals surface area contributed by atoms with Gasteiger partial charge in [0.25, 0.3) is 21.8 Å². The molecule has 1 spiro atoms. The molecule has 2 aromatic carbocycles. The van der Waals surface area contributed by atoms with Crippen molar-refractivity contribution in [2.45, 2.75) is 23.3 Å². The molecule has 2 aliphatic heterocycles. The highest BCUT2D eigenvalue weighted by atomic mass is 32.2. The summed E-state index contributed by atoms with van der Waals surface area (Å²) < 4.78 is 27.5. The number of urea groups is 1. The van der Waals surface area contributed by atoms with Crippen LogP contribution in [0, 0.1) is 0 Å². The Labute approximate surface area is 173 Å². The summed E-state index contributed by atoms with van der Waals surface area (Å²) >= 11 is 0. The lowest BCUT2D eigenvalue weighted by molar-refractivity contribution is -0.125. The summed E-state index contributed by atoms with van der Waals surface area (Å²) in [6.07, 6.45) is 0.632. The molecule has 0 bridgehead atoms. The largest absolute Gasteiger partial charge is 0.338 e. The molecular weight excluding hydrogens is 408 g/mol. The van der Waals surface area contributed by atoms with Gasteiger partial charge in [-0.2, -0.15) is 0 Å². The van der Waals surface area contributed by atoms with E-state index >= 15 is 0 Å². The molecule has 2 saturated heterocycles. The van der Waals surface area contributed by atoms with Crippen LogP contribution < -0.4 is 15.4 Å². The second-order valence-corrected chi connectivity index (χ2v) is 8.96. The van der Waals surface area contributed by atoms with E-state index in [1.807, 2.05) is 0 Å². The Balaban J connectivity index is 1.46. The quantitative estimate of drug-likeness (QED) is 0.633. The standard InChI is InChI=1S/C20H20N4O5S/c25-17(24-11-9-20(10-12-24)18(26)21-19(27)22-20)14-5-4-6-15(13-14)23-30(28,29)16-7-2-1-3-8-16/h1-8,13,23H,9-12H2,(H2,21,22,26,27). The van der Waals surface area contributed by atoms with Gasteiger partial charge in [-0.3, -0.25) is 19.6 Å². The number of hydrogen-bond acceptors (Lipinski definition) is 5. The number of benzene rings is 2. The number of nitrogens with one attached hydrogen (secondary N) is 3. The first-order valence-electron chi connectivity index (χ1n) is 9.40. The van der Waals surface area contributed by atoms with E-state index in [1.165, 1.54) is 18.2 Å². The van der Waals surface area contributed by atoms with Crippen molar-refractivity contribution in [3.8, 4) is 0 Å². The number of likely N-dealkylation sites (tertiary alicyclic amines) is 1. The summed E-state index contributed by atoms with van der Waals surface area (Å²) in [5.41, 5.74) is -0.346. The molecule has 0 saturated carbocycles. The molecule has 156 valence electrons. The molecule has 0 aromatic heterocycles. The second-order valence-electron chi connectivity index (χ2n) is 7.28. The lowest BCUT2D eigenvalue weighted by Crippen LogP contribution is -2.55. The molecule has 30 heavy (non-hydrogen) atoms. The van der Waals surface area contributed by atoms with Crippen LogP contribution >= 0.6 is 0 Å². The van der Waals surface area contributed by atoms with E-state index in [0.717, 1.165) is 0 Å². The maximum absolute atomic E-state index is 12.9. The molecule has 2 heterocycles. The van der Waals surface area contributed by atoms with Crippen molar-refractivity contribution in [2.75, 3.05) is 17.8 Å². The topological polar surface area (TPSA) is 125 Å². The Morgan fingerprint density at radius 2 is 1.70 bits per heavy atom. The summed E-state index contributed by atoms with van der Waals surface area (Å²) in [5, 5.41) is 4.89. The maximum Gasteiger partial charge on any atom is 0.322 e. The van der Waals surface area contributed by atoms with Gasteiger partial charge in [0.2, 0.25) is 0 Å². The van der Waals surface area contributed by atoms with Crippen LogP contribution in [-0.2, 0) is 14.8 Å². The van der Waals surface area contributed by atoms with Crippen LogP contribution in [0.1, 0.15) is 23.2 Å². The first-order valence-corrected chi connectivity index (χ1v) is 10.9. The highest BCUT2D eigenvalue weighted by Gasteiger charge is 2.48. The minimum absolute atomic E-state index is 0.125. The van der Waals surface area contributed by atoms with Crippen molar-refractivity contribution in [2.24, 2.45) is 0 Å². The van der Waals surface area contributed by atoms with Gasteiger partial charge in [0.05, 0.1) is 4.90 Å². The minimum atomic E-state index is -3.77. The maximum atomic E-state index is 12.9. The fourth-order valence-electron chi connectivity index (χ4n) is 3.68. The van der Waals surface area contributed by atoms with Crippen LogP contribution in [0.3, 0.4) is 0 Å². The van der Waals surface area contributed by atoms with E-state index in [0.29, 0.717) is 31.5 Å². The second kappa shape index (κ2) is 7.45. The van der Waals surface area contributed by atoms with Crippen LogP contribution in [0.5, 0.6) is 0 Å². The first kappa shape index (κ1) is 19.9. The third-order valence-corrected chi connectivity index (χ3v) is 6.73. The first-order chi connectivity index (χ1) is 14.3. The van der Waals surface area contributed by atoms with Gasteiger partial charge in [-0.25, -0.2) is 13.2 Å². The number of amides is 4. The predicted octanol–water partition coefficient (Wildman–Crippen LogP) is 1.30. The Hall–Kier alpha value is -3.40. The van der Waals surface area contributed by atoms with Crippen LogP contribution in [0.25, 0.3) is 0 Å². The van der Waals surface area contributed by atoms with Gasteiger partial charge in [0, 0.05) is 24.3 Å². The molecule has 3 N–H and O–H groups in total. The Morgan fingerprint density at radius 3 is 2.33 bits per heavy atom. The molecule has 4 rings (SSSR count). The minimum Gasteiger partial charge on any atom is -0.338 e.